The molecule has 10 heteroatoms. The highest BCUT2D eigenvalue weighted by molar-refractivity contribution is 5.98. The number of alkyl halides is 3. The van der Waals surface area contributed by atoms with E-state index in [1.54, 1.807) is 19.2 Å². The third-order valence-electron chi connectivity index (χ3n) is 4.85. The van der Waals surface area contributed by atoms with E-state index < -0.39 is 12.0 Å². The molecule has 28 heavy (non-hydrogen) atoms. The first kappa shape index (κ1) is 18.5. The standard InChI is InChI=1S/C18H18F3N5O2/c1-28-9-8-24-5-4-12-2-3-13(10-14(12)24)16(27)25-6-7-26-15(11-25)22-23-17(26)18(19,20)21/h2-5,10H,6-9,11H2,1H3. The van der Waals surface area contributed by atoms with Gasteiger partial charge in [-0.05, 0) is 23.6 Å². The second-order valence-electron chi connectivity index (χ2n) is 6.59. The molecule has 3 aromatic rings. The summed E-state index contributed by atoms with van der Waals surface area (Å²) in [6.07, 6.45) is -2.63. The Labute approximate surface area is 158 Å². The molecule has 1 aliphatic rings. The molecule has 0 radical (unpaired) electrons. The molecular formula is C18H18F3N5O2. The number of carbonyl (C=O) groups is 1. The molecular weight excluding hydrogens is 375 g/mol. The lowest BCUT2D eigenvalue weighted by molar-refractivity contribution is -0.147. The van der Waals surface area contributed by atoms with Crippen LogP contribution in [-0.4, -0.2) is 50.4 Å². The van der Waals surface area contributed by atoms with Gasteiger partial charge in [0.15, 0.2) is 5.82 Å². The molecule has 1 amide bonds. The Morgan fingerprint density at radius 1 is 1.21 bits per heavy atom. The summed E-state index contributed by atoms with van der Waals surface area (Å²) in [7, 11) is 1.62. The SMILES string of the molecule is COCCn1ccc2ccc(C(=O)N3CCn4c(nnc4C(F)(F)F)C3)cc21. The fourth-order valence-electron chi connectivity index (χ4n) is 3.42. The smallest absolute Gasteiger partial charge is 0.383 e. The molecule has 4 rings (SSSR count). The molecule has 148 valence electrons. The van der Waals surface area contributed by atoms with Crippen molar-refractivity contribution in [3.63, 3.8) is 0 Å². The van der Waals surface area contributed by atoms with Crippen molar-refractivity contribution in [3.05, 3.63) is 47.7 Å². The second-order valence-corrected chi connectivity index (χ2v) is 6.59. The van der Waals surface area contributed by atoms with Gasteiger partial charge in [0.2, 0.25) is 5.82 Å². The molecule has 1 aromatic carbocycles. The largest absolute Gasteiger partial charge is 0.451 e. The highest BCUT2D eigenvalue weighted by atomic mass is 19.4. The molecule has 1 aliphatic heterocycles. The van der Waals surface area contributed by atoms with Crippen LogP contribution >= 0.6 is 0 Å². The van der Waals surface area contributed by atoms with Gasteiger partial charge in [0.05, 0.1) is 13.2 Å². The van der Waals surface area contributed by atoms with E-state index >= 15 is 0 Å². The van der Waals surface area contributed by atoms with E-state index in [2.05, 4.69) is 10.2 Å². The summed E-state index contributed by atoms with van der Waals surface area (Å²) in [5, 5.41) is 7.87. The summed E-state index contributed by atoms with van der Waals surface area (Å²) in [6, 6.07) is 7.35. The zero-order valence-electron chi connectivity index (χ0n) is 15.1. The Kier molecular flexibility index (Phi) is 4.58. The lowest BCUT2D eigenvalue weighted by Crippen LogP contribution is -2.39. The van der Waals surface area contributed by atoms with Gasteiger partial charge in [-0.1, -0.05) is 6.07 Å². The van der Waals surface area contributed by atoms with Crippen molar-refractivity contribution < 1.29 is 22.7 Å². The van der Waals surface area contributed by atoms with Crippen molar-refractivity contribution in [2.75, 3.05) is 20.3 Å². The monoisotopic (exact) mass is 393 g/mol. The van der Waals surface area contributed by atoms with Crippen molar-refractivity contribution in [2.45, 2.75) is 25.8 Å². The Balaban J connectivity index is 1.57. The minimum absolute atomic E-state index is 0.00929. The van der Waals surface area contributed by atoms with Crippen LogP contribution in [0.4, 0.5) is 13.2 Å². The van der Waals surface area contributed by atoms with E-state index in [-0.39, 0.29) is 31.4 Å². The van der Waals surface area contributed by atoms with E-state index in [0.29, 0.717) is 18.7 Å². The molecule has 0 N–H and O–H groups in total. The van der Waals surface area contributed by atoms with Crippen LogP contribution in [-0.2, 0) is 30.5 Å². The quantitative estimate of drug-likeness (QED) is 0.683. The molecule has 0 fully saturated rings. The Morgan fingerprint density at radius 3 is 2.79 bits per heavy atom. The molecule has 0 spiro atoms. The van der Waals surface area contributed by atoms with Crippen LogP contribution in [0.3, 0.4) is 0 Å². The number of aromatic nitrogens is 4. The molecule has 0 saturated carbocycles. The van der Waals surface area contributed by atoms with Crippen molar-refractivity contribution in [1.29, 1.82) is 0 Å². The van der Waals surface area contributed by atoms with E-state index in [1.807, 2.05) is 22.9 Å². The molecule has 2 aromatic heterocycles. The molecule has 0 saturated heterocycles. The maximum absolute atomic E-state index is 13.0. The van der Waals surface area contributed by atoms with Crippen molar-refractivity contribution in [2.24, 2.45) is 0 Å². The van der Waals surface area contributed by atoms with Crippen LogP contribution in [0.15, 0.2) is 30.5 Å². The maximum Gasteiger partial charge on any atom is 0.451 e. The maximum atomic E-state index is 13.0. The predicted molar refractivity (Wildman–Crippen MR) is 93.6 cm³/mol. The van der Waals surface area contributed by atoms with E-state index in [9.17, 15) is 18.0 Å². The molecule has 0 aliphatic carbocycles. The number of methoxy groups -OCH3 is 1. The normalized spacial score (nSPS) is 14.5. The number of hydrogen-bond acceptors (Lipinski definition) is 4. The fourth-order valence-corrected chi connectivity index (χ4v) is 3.42. The molecule has 0 bridgehead atoms. The van der Waals surface area contributed by atoms with Crippen LogP contribution in [0.1, 0.15) is 22.0 Å². The van der Waals surface area contributed by atoms with Crippen LogP contribution in [0.5, 0.6) is 0 Å². The zero-order chi connectivity index (χ0) is 19.9. The predicted octanol–water partition coefficient (Wildman–Crippen LogP) is 2.55. The molecule has 0 atom stereocenters. The van der Waals surface area contributed by atoms with E-state index in [1.165, 1.54) is 4.90 Å². The summed E-state index contributed by atoms with van der Waals surface area (Å²) in [5.74, 6) is -1.13. The Morgan fingerprint density at radius 2 is 2.04 bits per heavy atom. The number of rotatable bonds is 4. The number of fused-ring (bicyclic) bond motifs is 2. The number of hydrogen-bond donors (Lipinski definition) is 0. The minimum Gasteiger partial charge on any atom is -0.383 e. The second kappa shape index (κ2) is 6.93. The first-order valence-electron chi connectivity index (χ1n) is 8.75. The van der Waals surface area contributed by atoms with Crippen LogP contribution < -0.4 is 0 Å². The lowest BCUT2D eigenvalue weighted by atomic mass is 10.1. The molecule has 3 heterocycles. The topological polar surface area (TPSA) is 65.2 Å². The van der Waals surface area contributed by atoms with Gasteiger partial charge in [0.1, 0.15) is 0 Å². The zero-order valence-corrected chi connectivity index (χ0v) is 15.1. The van der Waals surface area contributed by atoms with Gasteiger partial charge in [-0.2, -0.15) is 13.2 Å². The van der Waals surface area contributed by atoms with Gasteiger partial charge < -0.3 is 18.8 Å². The minimum atomic E-state index is -4.56. The summed E-state index contributed by atoms with van der Waals surface area (Å²) in [4.78, 5) is 14.4. The number of amides is 1. The van der Waals surface area contributed by atoms with Gasteiger partial charge in [-0.3, -0.25) is 4.79 Å². The third kappa shape index (κ3) is 3.24. The summed E-state index contributed by atoms with van der Waals surface area (Å²) >= 11 is 0. The molecule has 7 nitrogen and oxygen atoms in total. The van der Waals surface area contributed by atoms with E-state index in [0.717, 1.165) is 15.5 Å². The summed E-state index contributed by atoms with van der Waals surface area (Å²) in [6.45, 7) is 1.37. The lowest BCUT2D eigenvalue weighted by Gasteiger charge is -2.28. The van der Waals surface area contributed by atoms with Gasteiger partial charge in [0.25, 0.3) is 5.91 Å². The fraction of sp³-hybridized carbons (Fsp3) is 0.389. The number of carbonyl (C=O) groups excluding carboxylic acids is 1. The van der Waals surface area contributed by atoms with Crippen molar-refractivity contribution >= 4 is 16.8 Å². The molecule has 0 unspecified atom stereocenters. The summed E-state index contributed by atoms with van der Waals surface area (Å²) < 4.78 is 47.0. The van der Waals surface area contributed by atoms with Crippen LogP contribution in [0.25, 0.3) is 10.9 Å². The number of benzene rings is 1. The van der Waals surface area contributed by atoms with E-state index in [4.69, 9.17) is 4.74 Å². The highest BCUT2D eigenvalue weighted by Gasteiger charge is 2.40. The number of ether oxygens (including phenoxy) is 1. The Hall–Kier alpha value is -2.88. The van der Waals surface area contributed by atoms with Crippen molar-refractivity contribution in [1.82, 2.24) is 24.2 Å². The first-order chi connectivity index (χ1) is 13.4. The van der Waals surface area contributed by atoms with Gasteiger partial charge >= 0.3 is 6.18 Å². The van der Waals surface area contributed by atoms with Crippen molar-refractivity contribution in [3.8, 4) is 0 Å². The van der Waals surface area contributed by atoms with Crippen LogP contribution in [0, 0.1) is 0 Å². The average molecular weight is 393 g/mol. The first-order valence-corrected chi connectivity index (χ1v) is 8.75. The highest BCUT2D eigenvalue weighted by Crippen LogP contribution is 2.29. The number of halogens is 3. The average Bonchev–Trinajstić information content (AvgIpc) is 3.28. The summed E-state index contributed by atoms with van der Waals surface area (Å²) in [5.41, 5.74) is 1.39. The Bertz CT molecular complexity index is 1020. The van der Waals surface area contributed by atoms with Gasteiger partial charge in [-0.25, -0.2) is 0 Å². The van der Waals surface area contributed by atoms with Gasteiger partial charge in [-0.15, -0.1) is 10.2 Å². The third-order valence-corrected chi connectivity index (χ3v) is 4.85. The number of nitrogens with zero attached hydrogens (tertiary/aromatic N) is 5. The van der Waals surface area contributed by atoms with Crippen LogP contribution in [0.2, 0.25) is 0 Å². The van der Waals surface area contributed by atoms with Gasteiger partial charge in [0, 0.05) is 44.0 Å².